The minimum Gasteiger partial charge on any atom is -0.491 e. The Morgan fingerprint density at radius 2 is 1.81 bits per heavy atom. The average Bonchev–Trinajstić information content (AvgIpc) is 2.91. The summed E-state index contributed by atoms with van der Waals surface area (Å²) < 4.78 is 5.50. The quantitative estimate of drug-likeness (QED) is 0.245. The molecule has 0 unspecified atom stereocenters. The van der Waals surface area contributed by atoms with Gasteiger partial charge in [-0.05, 0) is 42.0 Å². The molecular formula is C27H26Cl2N4O3. The molecule has 1 aliphatic rings. The minimum atomic E-state index is -0.0679. The minimum absolute atomic E-state index is 0.0290. The zero-order valence-corrected chi connectivity index (χ0v) is 21.0. The summed E-state index contributed by atoms with van der Waals surface area (Å²) in [5, 5.41) is 32.6. The standard InChI is InChI=1S/C27H26Cl2N4O3/c28-22-7-5-21(6-8-22)27-18-32(17-25(31-35)20-3-1-19(16-30)2-4-20)11-12-33(27)26-10-9-23(15-24(26)29)36-14-13-34/h1-10,15,27,34-35H,11-14,17-18H2/b31-25-/t27-/m0/s1. The van der Waals surface area contributed by atoms with Gasteiger partial charge in [0.15, 0.2) is 0 Å². The summed E-state index contributed by atoms with van der Waals surface area (Å²) in [6.07, 6.45) is 0. The van der Waals surface area contributed by atoms with Crippen LogP contribution in [0.4, 0.5) is 5.69 Å². The van der Waals surface area contributed by atoms with E-state index in [-0.39, 0.29) is 19.3 Å². The molecule has 186 valence electrons. The molecule has 0 saturated carbocycles. The van der Waals surface area contributed by atoms with Crippen LogP contribution >= 0.6 is 23.2 Å². The number of benzene rings is 3. The number of nitrogens with zero attached hydrogens (tertiary/aromatic N) is 4. The molecule has 0 aromatic heterocycles. The fourth-order valence-corrected chi connectivity index (χ4v) is 4.75. The second kappa shape index (κ2) is 12.1. The molecule has 4 rings (SSSR count). The van der Waals surface area contributed by atoms with E-state index in [2.05, 4.69) is 21.0 Å². The lowest BCUT2D eigenvalue weighted by Crippen LogP contribution is -2.50. The van der Waals surface area contributed by atoms with E-state index in [1.54, 1.807) is 30.3 Å². The van der Waals surface area contributed by atoms with E-state index < -0.39 is 0 Å². The maximum Gasteiger partial charge on any atom is 0.121 e. The molecule has 1 saturated heterocycles. The highest BCUT2D eigenvalue weighted by Crippen LogP contribution is 2.37. The third-order valence-corrected chi connectivity index (χ3v) is 6.70. The fraction of sp³-hybridized carbons (Fsp3) is 0.259. The smallest absolute Gasteiger partial charge is 0.121 e. The predicted molar refractivity (Wildman–Crippen MR) is 141 cm³/mol. The molecule has 3 aromatic carbocycles. The van der Waals surface area contributed by atoms with Crippen molar-refractivity contribution in [3.63, 3.8) is 0 Å². The molecule has 1 atom stereocenters. The number of hydrogen-bond donors (Lipinski definition) is 2. The van der Waals surface area contributed by atoms with Gasteiger partial charge in [-0.15, -0.1) is 0 Å². The fourth-order valence-electron chi connectivity index (χ4n) is 4.35. The second-order valence-electron chi connectivity index (χ2n) is 8.42. The normalized spacial score (nSPS) is 16.6. The predicted octanol–water partition coefficient (Wildman–Crippen LogP) is 4.98. The molecule has 0 radical (unpaired) electrons. The van der Waals surface area contributed by atoms with Crippen molar-refractivity contribution in [3.8, 4) is 11.8 Å². The van der Waals surface area contributed by atoms with Crippen molar-refractivity contribution < 1.29 is 15.1 Å². The Kier molecular flexibility index (Phi) is 8.68. The summed E-state index contributed by atoms with van der Waals surface area (Å²) in [5.41, 5.74) is 3.82. The third-order valence-electron chi connectivity index (χ3n) is 6.15. The number of ether oxygens (including phenoxy) is 1. The largest absolute Gasteiger partial charge is 0.491 e. The van der Waals surface area contributed by atoms with Crippen molar-refractivity contribution in [1.82, 2.24) is 4.90 Å². The van der Waals surface area contributed by atoms with E-state index in [0.717, 1.165) is 23.4 Å². The molecule has 7 nitrogen and oxygen atoms in total. The highest BCUT2D eigenvalue weighted by molar-refractivity contribution is 6.33. The third kappa shape index (κ3) is 6.10. The number of aliphatic hydroxyl groups is 1. The SMILES string of the molecule is N#Cc1ccc(/C(CN2CCN(c3ccc(OCCO)cc3Cl)[C@H](c3ccc(Cl)cc3)C2)=N\O)cc1. The highest BCUT2D eigenvalue weighted by Gasteiger charge is 2.30. The number of nitriles is 1. The molecule has 1 heterocycles. The summed E-state index contributed by atoms with van der Waals surface area (Å²) in [7, 11) is 0. The van der Waals surface area contributed by atoms with Crippen LogP contribution in [-0.2, 0) is 0 Å². The lowest BCUT2D eigenvalue weighted by Gasteiger charge is -2.43. The molecule has 0 amide bonds. The maximum absolute atomic E-state index is 9.73. The van der Waals surface area contributed by atoms with E-state index in [9.17, 15) is 5.21 Å². The van der Waals surface area contributed by atoms with Gasteiger partial charge in [-0.2, -0.15) is 5.26 Å². The van der Waals surface area contributed by atoms with Gasteiger partial charge in [0.25, 0.3) is 0 Å². The molecule has 9 heteroatoms. The molecule has 0 aliphatic carbocycles. The van der Waals surface area contributed by atoms with Crippen LogP contribution in [0, 0.1) is 11.3 Å². The van der Waals surface area contributed by atoms with E-state index in [4.69, 9.17) is 38.3 Å². The van der Waals surface area contributed by atoms with E-state index in [1.807, 2.05) is 36.4 Å². The van der Waals surface area contributed by atoms with Crippen LogP contribution < -0.4 is 9.64 Å². The molecule has 3 aromatic rings. The number of oxime groups is 1. The van der Waals surface area contributed by atoms with Gasteiger partial charge in [0, 0.05) is 42.8 Å². The van der Waals surface area contributed by atoms with Crippen molar-refractivity contribution in [1.29, 1.82) is 5.26 Å². The molecule has 0 spiro atoms. The molecule has 1 aliphatic heterocycles. The van der Waals surface area contributed by atoms with Crippen molar-refractivity contribution in [2.45, 2.75) is 6.04 Å². The zero-order valence-electron chi connectivity index (χ0n) is 19.5. The summed E-state index contributed by atoms with van der Waals surface area (Å²) in [4.78, 5) is 4.49. The molecule has 2 N–H and O–H groups in total. The first-order valence-corrected chi connectivity index (χ1v) is 12.3. The Labute approximate surface area is 220 Å². The van der Waals surface area contributed by atoms with Crippen molar-refractivity contribution in [3.05, 3.63) is 93.5 Å². The molecular weight excluding hydrogens is 499 g/mol. The summed E-state index contributed by atoms with van der Waals surface area (Å²) in [6.45, 7) is 2.66. The second-order valence-corrected chi connectivity index (χ2v) is 9.26. The number of rotatable bonds is 8. The van der Waals surface area contributed by atoms with E-state index >= 15 is 0 Å². The number of anilines is 1. The van der Waals surface area contributed by atoms with Gasteiger partial charge in [0.1, 0.15) is 18.1 Å². The van der Waals surface area contributed by atoms with Gasteiger partial charge < -0.3 is 20.0 Å². The molecule has 36 heavy (non-hydrogen) atoms. The highest BCUT2D eigenvalue weighted by atomic mass is 35.5. The number of hydrogen-bond acceptors (Lipinski definition) is 7. The zero-order chi connectivity index (χ0) is 25.5. The first-order chi connectivity index (χ1) is 17.5. The average molecular weight is 525 g/mol. The van der Waals surface area contributed by atoms with Crippen LogP contribution in [-0.4, -0.2) is 60.3 Å². The Bertz CT molecular complexity index is 1240. The Hall–Kier alpha value is -3.28. The summed E-state index contributed by atoms with van der Waals surface area (Å²) in [5.74, 6) is 0.602. The van der Waals surface area contributed by atoms with Gasteiger partial charge >= 0.3 is 0 Å². The van der Waals surface area contributed by atoms with Gasteiger partial charge in [-0.1, -0.05) is 52.6 Å². The summed E-state index contributed by atoms with van der Waals surface area (Å²) in [6, 6.07) is 22.4. The van der Waals surface area contributed by atoms with Gasteiger partial charge in [0.2, 0.25) is 0 Å². The molecule has 1 fully saturated rings. The first kappa shape index (κ1) is 25.8. The Balaban J connectivity index is 1.58. The topological polar surface area (TPSA) is 92.3 Å². The van der Waals surface area contributed by atoms with Crippen LogP contribution in [0.15, 0.2) is 71.9 Å². The number of halogens is 2. The Morgan fingerprint density at radius 3 is 2.44 bits per heavy atom. The van der Waals surface area contributed by atoms with Crippen LogP contribution in [0.2, 0.25) is 10.0 Å². The van der Waals surface area contributed by atoms with Crippen LogP contribution in [0.5, 0.6) is 5.75 Å². The lowest BCUT2D eigenvalue weighted by molar-refractivity contribution is 0.201. The number of piperazine rings is 1. The van der Waals surface area contributed by atoms with Gasteiger partial charge in [0.05, 0.1) is 35.0 Å². The van der Waals surface area contributed by atoms with Crippen molar-refractivity contribution in [2.24, 2.45) is 5.16 Å². The molecule has 0 bridgehead atoms. The van der Waals surface area contributed by atoms with Crippen molar-refractivity contribution in [2.75, 3.05) is 44.3 Å². The van der Waals surface area contributed by atoms with Crippen LogP contribution in [0.25, 0.3) is 0 Å². The van der Waals surface area contributed by atoms with Crippen LogP contribution in [0.3, 0.4) is 0 Å². The van der Waals surface area contributed by atoms with Gasteiger partial charge in [-0.3, -0.25) is 4.90 Å². The lowest BCUT2D eigenvalue weighted by atomic mass is 10.00. The maximum atomic E-state index is 9.73. The first-order valence-electron chi connectivity index (χ1n) is 11.5. The Morgan fingerprint density at radius 1 is 1.06 bits per heavy atom. The summed E-state index contributed by atoms with van der Waals surface area (Å²) >= 11 is 12.8. The van der Waals surface area contributed by atoms with Crippen LogP contribution in [0.1, 0.15) is 22.7 Å². The number of aliphatic hydroxyl groups excluding tert-OH is 1. The monoisotopic (exact) mass is 524 g/mol. The van der Waals surface area contributed by atoms with E-state index in [1.165, 1.54) is 0 Å². The van der Waals surface area contributed by atoms with Gasteiger partial charge in [-0.25, -0.2) is 0 Å². The van der Waals surface area contributed by atoms with E-state index in [0.29, 0.717) is 46.7 Å². The van der Waals surface area contributed by atoms with Crippen molar-refractivity contribution >= 4 is 34.6 Å².